The number of carbonyl (C=O) groups excluding carboxylic acids is 1. The van der Waals surface area contributed by atoms with Crippen LogP contribution in [-0.4, -0.2) is 40.6 Å². The largest absolute Gasteiger partial charge is 0.497 e. The Bertz CT molecular complexity index is 1010. The lowest BCUT2D eigenvalue weighted by Gasteiger charge is -2.11. The van der Waals surface area contributed by atoms with Crippen LogP contribution in [0.1, 0.15) is 18.3 Å². The molecule has 2 aromatic carbocycles. The number of anilines is 1. The molecule has 0 radical (unpaired) electrons. The Morgan fingerprint density at radius 1 is 1.13 bits per heavy atom. The van der Waals surface area contributed by atoms with Crippen molar-refractivity contribution in [3.63, 3.8) is 0 Å². The average molecular weight is 447 g/mol. The molecule has 30 heavy (non-hydrogen) atoms. The molecule has 0 spiro atoms. The summed E-state index contributed by atoms with van der Waals surface area (Å²) < 4.78 is 12.5. The Labute approximate surface area is 184 Å². The summed E-state index contributed by atoms with van der Waals surface area (Å²) in [5.41, 5.74) is 1.69. The average Bonchev–Trinajstić information content (AvgIpc) is 3.15. The fourth-order valence-corrected chi connectivity index (χ4v) is 3.82. The minimum atomic E-state index is -0.159. The third-order valence-electron chi connectivity index (χ3n) is 4.40. The highest BCUT2D eigenvalue weighted by atomic mass is 35.5. The fraction of sp³-hybridized carbons (Fsp3) is 0.286. The number of nitrogens with zero attached hydrogens (tertiary/aromatic N) is 3. The van der Waals surface area contributed by atoms with Crippen molar-refractivity contribution in [2.24, 2.45) is 0 Å². The maximum atomic E-state index is 12.4. The number of benzene rings is 2. The SMILES string of the molecule is CCn1c(Cc2ccc(Cl)cc2)nnc1SCC(=O)Nc1ccc(OC)cc1OC. The molecule has 1 amide bonds. The summed E-state index contributed by atoms with van der Waals surface area (Å²) in [6.45, 7) is 2.74. The number of nitrogens with one attached hydrogen (secondary N) is 1. The van der Waals surface area contributed by atoms with Crippen LogP contribution in [0.25, 0.3) is 0 Å². The number of amides is 1. The first-order valence-corrected chi connectivity index (χ1v) is 10.7. The Hall–Kier alpha value is -2.71. The van der Waals surface area contributed by atoms with Crippen LogP contribution < -0.4 is 14.8 Å². The van der Waals surface area contributed by atoms with Crippen molar-refractivity contribution in [3.05, 3.63) is 58.9 Å². The minimum absolute atomic E-state index is 0.159. The summed E-state index contributed by atoms with van der Waals surface area (Å²) in [6.07, 6.45) is 0.647. The maximum Gasteiger partial charge on any atom is 0.234 e. The molecule has 3 aromatic rings. The maximum absolute atomic E-state index is 12.4. The van der Waals surface area contributed by atoms with E-state index in [4.69, 9.17) is 21.1 Å². The molecular weight excluding hydrogens is 424 g/mol. The van der Waals surface area contributed by atoms with Gasteiger partial charge in [-0.15, -0.1) is 10.2 Å². The molecule has 9 heteroatoms. The van der Waals surface area contributed by atoms with Gasteiger partial charge in [0, 0.05) is 24.1 Å². The molecule has 0 atom stereocenters. The van der Waals surface area contributed by atoms with Gasteiger partial charge in [-0.05, 0) is 36.8 Å². The van der Waals surface area contributed by atoms with Crippen LogP contribution in [0.15, 0.2) is 47.6 Å². The van der Waals surface area contributed by atoms with Crippen LogP contribution in [0.5, 0.6) is 11.5 Å². The number of carbonyl (C=O) groups is 1. The Kier molecular flexibility index (Phi) is 7.59. The smallest absolute Gasteiger partial charge is 0.234 e. The summed E-state index contributed by atoms with van der Waals surface area (Å²) in [5.74, 6) is 2.08. The van der Waals surface area contributed by atoms with Crippen LogP contribution in [-0.2, 0) is 17.8 Å². The highest BCUT2D eigenvalue weighted by Crippen LogP contribution is 2.29. The van der Waals surface area contributed by atoms with Crippen LogP contribution in [0.4, 0.5) is 5.69 Å². The second-order valence-electron chi connectivity index (χ2n) is 6.35. The van der Waals surface area contributed by atoms with Gasteiger partial charge in [0.1, 0.15) is 17.3 Å². The Morgan fingerprint density at radius 2 is 1.90 bits per heavy atom. The van der Waals surface area contributed by atoms with Gasteiger partial charge < -0.3 is 19.4 Å². The van der Waals surface area contributed by atoms with E-state index >= 15 is 0 Å². The number of aromatic nitrogens is 3. The van der Waals surface area contributed by atoms with Crippen LogP contribution in [0.2, 0.25) is 5.02 Å². The van der Waals surface area contributed by atoms with Gasteiger partial charge in [-0.2, -0.15) is 0 Å². The zero-order valence-corrected chi connectivity index (χ0v) is 18.6. The summed E-state index contributed by atoms with van der Waals surface area (Å²) in [6, 6.07) is 12.9. The van der Waals surface area contributed by atoms with E-state index in [0.717, 1.165) is 11.4 Å². The molecule has 0 aliphatic rings. The first-order chi connectivity index (χ1) is 14.5. The van der Waals surface area contributed by atoms with E-state index in [1.165, 1.54) is 11.8 Å². The molecule has 1 aromatic heterocycles. The van der Waals surface area contributed by atoms with Crippen molar-refractivity contribution in [2.45, 2.75) is 25.0 Å². The number of hydrogen-bond acceptors (Lipinski definition) is 6. The number of halogens is 1. The number of hydrogen-bond donors (Lipinski definition) is 1. The Balaban J connectivity index is 1.63. The topological polar surface area (TPSA) is 78.3 Å². The summed E-state index contributed by atoms with van der Waals surface area (Å²) >= 11 is 7.30. The first-order valence-electron chi connectivity index (χ1n) is 9.35. The molecule has 0 aliphatic heterocycles. The molecule has 1 heterocycles. The number of thioether (sulfide) groups is 1. The molecule has 0 saturated carbocycles. The lowest BCUT2D eigenvalue weighted by Crippen LogP contribution is -2.15. The molecule has 0 aliphatic carbocycles. The highest BCUT2D eigenvalue weighted by Gasteiger charge is 2.15. The van der Waals surface area contributed by atoms with Gasteiger partial charge in [-0.25, -0.2) is 0 Å². The molecule has 1 N–H and O–H groups in total. The van der Waals surface area contributed by atoms with Gasteiger partial charge >= 0.3 is 0 Å². The van der Waals surface area contributed by atoms with Gasteiger partial charge in [0.2, 0.25) is 5.91 Å². The standard InChI is InChI=1S/C21H23ClN4O3S/c1-4-26-19(11-14-5-7-15(22)8-6-14)24-25-21(26)30-13-20(27)23-17-10-9-16(28-2)12-18(17)29-3/h5-10,12H,4,11,13H2,1-3H3,(H,23,27). The third kappa shape index (κ3) is 5.46. The molecule has 158 valence electrons. The second kappa shape index (κ2) is 10.4. The molecule has 0 saturated heterocycles. The van der Waals surface area contributed by atoms with Gasteiger partial charge in [0.25, 0.3) is 0 Å². The normalized spacial score (nSPS) is 10.7. The fourth-order valence-electron chi connectivity index (χ4n) is 2.88. The van der Waals surface area contributed by atoms with Crippen LogP contribution >= 0.6 is 23.4 Å². The zero-order chi connectivity index (χ0) is 21.5. The Morgan fingerprint density at radius 3 is 2.57 bits per heavy atom. The van der Waals surface area contributed by atoms with Gasteiger partial charge in [-0.3, -0.25) is 4.79 Å². The molecule has 0 fully saturated rings. The van der Waals surface area contributed by atoms with Crippen molar-refractivity contribution in [1.82, 2.24) is 14.8 Å². The predicted molar refractivity (Wildman–Crippen MR) is 119 cm³/mol. The van der Waals surface area contributed by atoms with Crippen molar-refractivity contribution in [1.29, 1.82) is 0 Å². The van der Waals surface area contributed by atoms with E-state index in [-0.39, 0.29) is 11.7 Å². The van der Waals surface area contributed by atoms with Gasteiger partial charge in [-0.1, -0.05) is 35.5 Å². The van der Waals surface area contributed by atoms with Crippen LogP contribution in [0, 0.1) is 0 Å². The summed E-state index contributed by atoms with van der Waals surface area (Å²) in [7, 11) is 3.12. The van der Waals surface area contributed by atoms with Crippen molar-refractivity contribution < 1.29 is 14.3 Å². The highest BCUT2D eigenvalue weighted by molar-refractivity contribution is 7.99. The van der Waals surface area contributed by atoms with Crippen molar-refractivity contribution in [3.8, 4) is 11.5 Å². The zero-order valence-electron chi connectivity index (χ0n) is 17.0. The summed E-state index contributed by atoms with van der Waals surface area (Å²) in [5, 5.41) is 12.8. The van der Waals surface area contributed by atoms with E-state index in [1.54, 1.807) is 32.4 Å². The number of ether oxygens (including phenoxy) is 2. The number of methoxy groups -OCH3 is 2. The molecule has 0 unspecified atom stereocenters. The van der Waals surface area contributed by atoms with E-state index in [0.29, 0.717) is 40.3 Å². The van der Waals surface area contributed by atoms with E-state index in [2.05, 4.69) is 15.5 Å². The molecular formula is C21H23ClN4O3S. The van der Waals surface area contributed by atoms with E-state index < -0.39 is 0 Å². The molecule has 3 rings (SSSR count). The van der Waals surface area contributed by atoms with Gasteiger partial charge in [0.15, 0.2) is 5.16 Å². The summed E-state index contributed by atoms with van der Waals surface area (Å²) in [4.78, 5) is 12.4. The van der Waals surface area contributed by atoms with E-state index in [1.807, 2.05) is 35.8 Å². The van der Waals surface area contributed by atoms with Crippen molar-refractivity contribution in [2.75, 3.05) is 25.3 Å². The van der Waals surface area contributed by atoms with Crippen molar-refractivity contribution >= 4 is 35.0 Å². The lowest BCUT2D eigenvalue weighted by atomic mass is 10.1. The first kappa shape index (κ1) is 22.0. The predicted octanol–water partition coefficient (Wildman–Crippen LogP) is 4.29. The monoisotopic (exact) mass is 446 g/mol. The lowest BCUT2D eigenvalue weighted by molar-refractivity contribution is -0.113. The number of rotatable bonds is 9. The second-order valence-corrected chi connectivity index (χ2v) is 7.73. The molecule has 7 nitrogen and oxygen atoms in total. The third-order valence-corrected chi connectivity index (χ3v) is 5.62. The quantitative estimate of drug-likeness (QED) is 0.494. The molecule has 0 bridgehead atoms. The minimum Gasteiger partial charge on any atom is -0.497 e. The van der Waals surface area contributed by atoms with Gasteiger partial charge in [0.05, 0.1) is 25.7 Å². The van der Waals surface area contributed by atoms with E-state index in [9.17, 15) is 4.79 Å². The van der Waals surface area contributed by atoms with Crippen LogP contribution in [0.3, 0.4) is 0 Å².